The highest BCUT2D eigenvalue weighted by Crippen LogP contribution is 2.31. The minimum Gasteiger partial charge on any atom is -0.301 e. The SMILES string of the molecule is CC(C)(C)c1ccc([C@@H]2NCCS2)cc1. The predicted molar refractivity (Wildman–Crippen MR) is 68.3 cm³/mol. The second kappa shape index (κ2) is 4.18. The van der Waals surface area contributed by atoms with Crippen LogP contribution in [0.25, 0.3) is 0 Å². The molecule has 0 radical (unpaired) electrons. The van der Waals surface area contributed by atoms with Crippen molar-refractivity contribution in [3.8, 4) is 0 Å². The van der Waals surface area contributed by atoms with Crippen LogP contribution >= 0.6 is 11.8 Å². The van der Waals surface area contributed by atoms with Crippen LogP contribution in [0.3, 0.4) is 0 Å². The molecule has 15 heavy (non-hydrogen) atoms. The van der Waals surface area contributed by atoms with Crippen LogP contribution in [0.4, 0.5) is 0 Å². The third-order valence-electron chi connectivity index (χ3n) is 2.80. The Morgan fingerprint density at radius 3 is 2.33 bits per heavy atom. The second-order valence-corrected chi connectivity index (χ2v) is 6.29. The van der Waals surface area contributed by atoms with Crippen molar-refractivity contribution < 1.29 is 0 Å². The van der Waals surface area contributed by atoms with Crippen molar-refractivity contribution in [2.75, 3.05) is 12.3 Å². The third kappa shape index (κ3) is 2.56. The number of rotatable bonds is 1. The fraction of sp³-hybridized carbons (Fsp3) is 0.538. The molecule has 1 heterocycles. The minimum atomic E-state index is 0.259. The highest BCUT2D eigenvalue weighted by atomic mass is 32.2. The highest BCUT2D eigenvalue weighted by molar-refractivity contribution is 7.99. The van der Waals surface area contributed by atoms with Crippen molar-refractivity contribution in [2.45, 2.75) is 31.6 Å². The molecule has 0 spiro atoms. The van der Waals surface area contributed by atoms with E-state index < -0.39 is 0 Å². The van der Waals surface area contributed by atoms with Gasteiger partial charge in [0.1, 0.15) is 0 Å². The Labute approximate surface area is 96.7 Å². The maximum absolute atomic E-state index is 3.49. The largest absolute Gasteiger partial charge is 0.301 e. The standard InChI is InChI=1S/C13H19NS/c1-13(2,3)11-6-4-10(5-7-11)12-14-8-9-15-12/h4-7,12,14H,8-9H2,1-3H3/t12-/m1/s1. The summed E-state index contributed by atoms with van der Waals surface area (Å²) < 4.78 is 0. The summed E-state index contributed by atoms with van der Waals surface area (Å²) in [5.74, 6) is 1.23. The summed E-state index contributed by atoms with van der Waals surface area (Å²) in [7, 11) is 0. The van der Waals surface area contributed by atoms with E-state index in [-0.39, 0.29) is 5.41 Å². The molecule has 2 rings (SSSR count). The molecule has 82 valence electrons. The van der Waals surface area contributed by atoms with E-state index in [1.807, 2.05) is 11.8 Å². The van der Waals surface area contributed by atoms with E-state index in [2.05, 4.69) is 50.4 Å². The molecule has 1 aromatic carbocycles. The molecule has 2 heteroatoms. The lowest BCUT2D eigenvalue weighted by Gasteiger charge is -2.20. The highest BCUT2D eigenvalue weighted by Gasteiger charge is 2.18. The van der Waals surface area contributed by atoms with Crippen LogP contribution in [0.1, 0.15) is 37.3 Å². The number of hydrogen-bond donors (Lipinski definition) is 1. The molecular formula is C13H19NS. The van der Waals surface area contributed by atoms with Gasteiger partial charge in [-0.2, -0.15) is 0 Å². The summed E-state index contributed by atoms with van der Waals surface area (Å²) in [5.41, 5.74) is 3.08. The zero-order chi connectivity index (χ0) is 10.9. The summed E-state index contributed by atoms with van der Waals surface area (Å²) in [6.07, 6.45) is 0. The lowest BCUT2D eigenvalue weighted by Crippen LogP contribution is -2.13. The summed E-state index contributed by atoms with van der Waals surface area (Å²) >= 11 is 2.00. The van der Waals surface area contributed by atoms with E-state index in [9.17, 15) is 0 Å². The summed E-state index contributed by atoms with van der Waals surface area (Å²) in [6, 6.07) is 9.04. The fourth-order valence-corrected chi connectivity index (χ4v) is 2.85. The first-order valence-corrected chi connectivity index (χ1v) is 6.58. The smallest absolute Gasteiger partial charge is 0.0790 e. The van der Waals surface area contributed by atoms with Gasteiger partial charge in [-0.3, -0.25) is 0 Å². The minimum absolute atomic E-state index is 0.259. The molecule has 0 unspecified atom stereocenters. The zero-order valence-corrected chi connectivity index (χ0v) is 10.5. The van der Waals surface area contributed by atoms with Crippen molar-refractivity contribution in [3.63, 3.8) is 0 Å². The Kier molecular flexibility index (Phi) is 3.08. The molecule has 1 aliphatic heterocycles. The topological polar surface area (TPSA) is 12.0 Å². The molecule has 0 amide bonds. The molecule has 1 N–H and O–H groups in total. The average molecular weight is 221 g/mol. The van der Waals surface area contributed by atoms with Gasteiger partial charge in [-0.1, -0.05) is 45.0 Å². The molecule has 0 aliphatic carbocycles. The van der Waals surface area contributed by atoms with Gasteiger partial charge >= 0.3 is 0 Å². The molecule has 1 aliphatic rings. The molecule has 0 saturated carbocycles. The van der Waals surface area contributed by atoms with Crippen molar-refractivity contribution in [3.05, 3.63) is 35.4 Å². The van der Waals surface area contributed by atoms with Gasteiger partial charge in [-0.05, 0) is 16.5 Å². The third-order valence-corrected chi connectivity index (χ3v) is 4.01. The first-order valence-electron chi connectivity index (χ1n) is 5.53. The number of thioether (sulfide) groups is 1. The molecule has 0 aromatic heterocycles. The summed E-state index contributed by atoms with van der Waals surface area (Å²) in [6.45, 7) is 7.90. The van der Waals surface area contributed by atoms with Gasteiger partial charge in [0.05, 0.1) is 5.37 Å². The lowest BCUT2D eigenvalue weighted by molar-refractivity contribution is 0.589. The van der Waals surface area contributed by atoms with Gasteiger partial charge in [-0.15, -0.1) is 11.8 Å². The Balaban J connectivity index is 2.16. The molecule has 1 atom stereocenters. The zero-order valence-electron chi connectivity index (χ0n) is 9.71. The van der Waals surface area contributed by atoms with E-state index >= 15 is 0 Å². The van der Waals surface area contributed by atoms with Crippen molar-refractivity contribution >= 4 is 11.8 Å². The molecule has 1 aromatic rings. The van der Waals surface area contributed by atoms with Gasteiger partial charge in [-0.25, -0.2) is 0 Å². The molecular weight excluding hydrogens is 202 g/mol. The summed E-state index contributed by atoms with van der Waals surface area (Å²) in [4.78, 5) is 0. The van der Waals surface area contributed by atoms with Gasteiger partial charge in [0.2, 0.25) is 0 Å². The van der Waals surface area contributed by atoms with Gasteiger partial charge in [0, 0.05) is 12.3 Å². The van der Waals surface area contributed by atoms with Crippen molar-refractivity contribution in [1.29, 1.82) is 0 Å². The molecule has 0 bridgehead atoms. The summed E-state index contributed by atoms with van der Waals surface area (Å²) in [5, 5.41) is 4.01. The van der Waals surface area contributed by atoms with Crippen LogP contribution in [0.15, 0.2) is 24.3 Å². The molecule has 1 fully saturated rings. The van der Waals surface area contributed by atoms with E-state index in [1.165, 1.54) is 16.9 Å². The Morgan fingerprint density at radius 2 is 1.87 bits per heavy atom. The van der Waals surface area contributed by atoms with Crippen molar-refractivity contribution in [2.24, 2.45) is 0 Å². The maximum atomic E-state index is 3.49. The second-order valence-electron chi connectivity index (χ2n) is 5.08. The van der Waals surface area contributed by atoms with Crippen LogP contribution in [0.5, 0.6) is 0 Å². The molecule has 1 nitrogen and oxygen atoms in total. The lowest BCUT2D eigenvalue weighted by atomic mass is 9.87. The van der Waals surface area contributed by atoms with Crippen LogP contribution in [-0.4, -0.2) is 12.3 Å². The molecule has 1 saturated heterocycles. The van der Waals surface area contributed by atoms with Crippen LogP contribution in [-0.2, 0) is 5.41 Å². The fourth-order valence-electron chi connectivity index (χ4n) is 1.80. The number of hydrogen-bond acceptors (Lipinski definition) is 2. The van der Waals surface area contributed by atoms with Gasteiger partial charge in [0.15, 0.2) is 0 Å². The first-order chi connectivity index (χ1) is 7.07. The Morgan fingerprint density at radius 1 is 1.20 bits per heavy atom. The Bertz CT molecular complexity index is 317. The number of benzene rings is 1. The average Bonchev–Trinajstić information content (AvgIpc) is 2.69. The van der Waals surface area contributed by atoms with Crippen LogP contribution in [0.2, 0.25) is 0 Å². The normalized spacial score (nSPS) is 21.9. The van der Waals surface area contributed by atoms with Crippen LogP contribution < -0.4 is 5.32 Å². The first kappa shape index (κ1) is 11.0. The van der Waals surface area contributed by atoms with E-state index in [4.69, 9.17) is 0 Å². The maximum Gasteiger partial charge on any atom is 0.0790 e. The van der Waals surface area contributed by atoms with Crippen LogP contribution in [0, 0.1) is 0 Å². The predicted octanol–water partition coefficient (Wildman–Crippen LogP) is 3.32. The van der Waals surface area contributed by atoms with Gasteiger partial charge in [0.25, 0.3) is 0 Å². The van der Waals surface area contributed by atoms with E-state index in [1.54, 1.807) is 0 Å². The van der Waals surface area contributed by atoms with Gasteiger partial charge < -0.3 is 5.32 Å². The monoisotopic (exact) mass is 221 g/mol. The number of nitrogens with one attached hydrogen (secondary N) is 1. The quantitative estimate of drug-likeness (QED) is 0.781. The van der Waals surface area contributed by atoms with E-state index in [0.717, 1.165) is 6.54 Å². The van der Waals surface area contributed by atoms with E-state index in [0.29, 0.717) is 5.37 Å². The van der Waals surface area contributed by atoms with Crippen molar-refractivity contribution in [1.82, 2.24) is 5.32 Å². The Hall–Kier alpha value is -0.470.